The first-order chi connectivity index (χ1) is 56.0. The van der Waals surface area contributed by atoms with Gasteiger partial charge in [0.25, 0.3) is 0 Å². The highest BCUT2D eigenvalue weighted by molar-refractivity contribution is 5.98. The van der Waals surface area contributed by atoms with Crippen LogP contribution in [0.1, 0.15) is 196 Å². The van der Waals surface area contributed by atoms with Gasteiger partial charge < -0.3 is 88.4 Å². The summed E-state index contributed by atoms with van der Waals surface area (Å²) in [4.78, 5) is 78.4. The number of aromatic nitrogens is 4. The molecule has 0 spiro atoms. The van der Waals surface area contributed by atoms with E-state index in [0.29, 0.717) is 178 Å². The molecule has 7 atom stereocenters. The number of benzene rings is 1. The second kappa shape index (κ2) is 60.5. The van der Waals surface area contributed by atoms with Gasteiger partial charge in [-0.25, -0.2) is 19.4 Å². The molecule has 1 saturated heterocycles. The monoisotopic (exact) mass is 1620 g/mol. The number of rotatable bonds is 67. The maximum Gasteiger partial charge on any atom is 0.407 e. The third-order valence-electron chi connectivity index (χ3n) is 21.6. The predicted molar refractivity (Wildman–Crippen MR) is 448 cm³/mol. The van der Waals surface area contributed by atoms with Crippen LogP contribution in [0.25, 0.3) is 22.3 Å². The third-order valence-corrected chi connectivity index (χ3v) is 21.6. The number of hydrogen-bond donors (Lipinski definition) is 6. The number of alkyl carbamates (subject to hydrolysis) is 1. The molecule has 1 aromatic carbocycles. The van der Waals surface area contributed by atoms with Crippen molar-refractivity contribution in [1.29, 1.82) is 0 Å². The average Bonchev–Trinajstić information content (AvgIpc) is 1.62. The Bertz CT molecular complexity index is 3310. The lowest BCUT2D eigenvalue weighted by molar-refractivity contribution is -0.140. The minimum Gasteiger partial charge on any atom is -0.476 e. The Kier molecular flexibility index (Phi) is 51.9. The number of carbonyl (C=O) groups is 5. The number of aldehydes is 1. The molecule has 3 heterocycles. The maximum absolute atomic E-state index is 14.2. The van der Waals surface area contributed by atoms with Crippen molar-refractivity contribution in [3.05, 3.63) is 72.6 Å². The van der Waals surface area contributed by atoms with Crippen molar-refractivity contribution in [2.75, 3.05) is 151 Å². The van der Waals surface area contributed by atoms with E-state index in [1.165, 1.54) is 6.33 Å². The molecule has 2 aliphatic rings. The van der Waals surface area contributed by atoms with E-state index >= 15 is 0 Å². The fraction of sp³-hybridized carbons (Fsp3) is 0.713. The SMILES string of the molecule is C=Nc1cc(-c2nn(CCCCNC(=O)CCOCCOCCOCCOCCOCCOCCOCCOCCNC(=O)OC3CCC(CCC(CCO)OCC[C@@H]4CCCCN4C(=O)[C@H](C)CC[C@](CC)(CCC=O)CC/C=C/C=C/C=C/C(C)CC(C)C(=O)CC(O)/C(C)=C/CC)CC3)c3ncnc(N)c23)ccc1OCN. The van der Waals surface area contributed by atoms with Crippen LogP contribution in [0.5, 0.6) is 5.75 Å². The number of likely N-dealkylation sites (tertiary alicyclic amines) is 1. The fourth-order valence-corrected chi connectivity index (χ4v) is 14.6. The third kappa shape index (κ3) is 40.4. The zero-order chi connectivity index (χ0) is 82.9. The van der Waals surface area contributed by atoms with Crippen LogP contribution < -0.4 is 26.8 Å². The van der Waals surface area contributed by atoms with E-state index in [-0.39, 0.29) is 91.8 Å². The summed E-state index contributed by atoms with van der Waals surface area (Å²) in [5, 5.41) is 31.6. The molecule has 115 heavy (non-hydrogen) atoms. The summed E-state index contributed by atoms with van der Waals surface area (Å²) in [5.41, 5.74) is 15.2. The number of aliphatic hydroxyl groups is 2. The molecule has 28 heteroatoms. The Balaban J connectivity index is 0.776. The molecule has 3 amide bonds. The van der Waals surface area contributed by atoms with Gasteiger partial charge in [0.05, 0.1) is 123 Å². The topological polar surface area (TPSA) is 363 Å². The Hall–Kier alpha value is -6.93. The van der Waals surface area contributed by atoms with Crippen LogP contribution in [0, 0.1) is 29.1 Å². The lowest BCUT2D eigenvalue weighted by Crippen LogP contribution is -2.46. The van der Waals surface area contributed by atoms with Crippen LogP contribution in [0.15, 0.2) is 77.6 Å². The van der Waals surface area contributed by atoms with Gasteiger partial charge >= 0.3 is 6.09 Å². The van der Waals surface area contributed by atoms with E-state index in [9.17, 15) is 34.2 Å². The molecule has 1 aliphatic heterocycles. The lowest BCUT2D eigenvalue weighted by atomic mass is 9.72. The lowest BCUT2D eigenvalue weighted by Gasteiger charge is -2.39. The normalized spacial score (nSPS) is 17.4. The summed E-state index contributed by atoms with van der Waals surface area (Å²) >= 11 is 0. The number of nitrogens with two attached hydrogens (primary N) is 2. The predicted octanol–water partition coefficient (Wildman–Crippen LogP) is 12.3. The van der Waals surface area contributed by atoms with Crippen molar-refractivity contribution in [1.82, 2.24) is 35.3 Å². The molecule has 1 aliphatic carbocycles. The Morgan fingerprint density at radius 2 is 1.39 bits per heavy atom. The molecule has 8 N–H and O–H groups in total. The smallest absolute Gasteiger partial charge is 0.407 e. The van der Waals surface area contributed by atoms with Gasteiger partial charge in [0.15, 0.2) is 5.65 Å². The number of aryl methyl sites for hydroxylation is 1. The van der Waals surface area contributed by atoms with Crippen LogP contribution >= 0.6 is 0 Å². The zero-order valence-corrected chi connectivity index (χ0v) is 70.3. The van der Waals surface area contributed by atoms with E-state index in [1.807, 2.05) is 51.1 Å². The van der Waals surface area contributed by atoms with Gasteiger partial charge in [0.1, 0.15) is 54.2 Å². The van der Waals surface area contributed by atoms with Gasteiger partial charge in [0.2, 0.25) is 11.8 Å². The number of ether oxygens (including phenoxy) is 11. The van der Waals surface area contributed by atoms with Crippen molar-refractivity contribution in [2.24, 2.45) is 39.8 Å². The molecule has 28 nitrogen and oxygen atoms in total. The molecule has 3 aromatic rings. The second-order valence-electron chi connectivity index (χ2n) is 30.3. The Morgan fingerprint density at radius 1 is 0.739 bits per heavy atom. The van der Waals surface area contributed by atoms with E-state index in [4.69, 9.17) is 68.7 Å². The number of unbranched alkanes of at least 4 members (excludes halogenated alkanes) is 1. The van der Waals surface area contributed by atoms with Gasteiger partial charge in [-0.2, -0.15) is 5.10 Å². The van der Waals surface area contributed by atoms with Crippen molar-refractivity contribution in [3.8, 4) is 17.0 Å². The molecule has 2 aromatic heterocycles. The van der Waals surface area contributed by atoms with Crippen LogP contribution in [-0.4, -0.2) is 241 Å². The van der Waals surface area contributed by atoms with Crippen LogP contribution in [-0.2, 0) is 73.1 Å². The molecular weight excluding hydrogens is 1470 g/mol. The number of nitrogens with zero attached hydrogens (tertiary/aromatic N) is 6. The number of aliphatic imine (C=N–C) groups is 1. The number of nitrogens with one attached hydrogen (secondary N) is 2. The number of allylic oxidation sites excluding steroid dienone is 7. The number of amides is 3. The molecule has 2 fully saturated rings. The number of carbonyl (C=O) groups excluding carboxylic acids is 5. The quantitative estimate of drug-likeness (QED) is 0.00763. The first-order valence-corrected chi connectivity index (χ1v) is 42.6. The van der Waals surface area contributed by atoms with Crippen molar-refractivity contribution in [3.63, 3.8) is 0 Å². The van der Waals surface area contributed by atoms with Crippen LogP contribution in [0.3, 0.4) is 0 Å². The Labute approximate surface area is 684 Å². The molecule has 648 valence electrons. The number of fused-ring (bicyclic) bond motifs is 1. The van der Waals surface area contributed by atoms with Crippen LogP contribution in [0.2, 0.25) is 0 Å². The van der Waals surface area contributed by atoms with Gasteiger partial charge in [-0.05, 0) is 183 Å². The van der Waals surface area contributed by atoms with E-state index in [1.54, 1.807) is 16.8 Å². The molecular formula is C87H142N10O18. The summed E-state index contributed by atoms with van der Waals surface area (Å²) in [6.07, 6.45) is 34.5. The molecule has 0 bridgehead atoms. The van der Waals surface area contributed by atoms with Crippen molar-refractivity contribution in [2.45, 2.75) is 227 Å². The number of piperidine rings is 1. The number of ketones is 1. The average molecular weight is 1620 g/mol. The zero-order valence-electron chi connectivity index (χ0n) is 70.3. The Morgan fingerprint density at radius 3 is 2.03 bits per heavy atom. The van der Waals surface area contributed by atoms with Gasteiger partial charge in [-0.3, -0.25) is 25.1 Å². The minimum absolute atomic E-state index is 0.00566. The van der Waals surface area contributed by atoms with Crippen molar-refractivity contribution < 1.29 is 86.3 Å². The van der Waals surface area contributed by atoms with Crippen LogP contribution in [0.4, 0.5) is 16.3 Å². The second-order valence-corrected chi connectivity index (χ2v) is 30.3. The standard InChI is InChI=1S/C87H142N10O18/c1-8-21-68(4)77(100)64-78(101)70(6)62-67(3)22-14-12-10-11-13-16-36-87(9-2,37-20-43-98)38-32-69(5)85(103)96-41-18-15-23-73(96)34-46-113-74(33-44-99)28-24-71-25-29-75(30-26-71)115-86(104)92-40-47-106-49-51-108-53-55-110-57-59-112-61-60-111-58-56-109-54-52-107-50-48-105-45-35-80(102)91-39-17-19-42-97-84-81(83(89)93-66-94-84)82(95-97)72-27-31-79(114-65-88)76(63-72)90-7/h10-14,21-22,27,31,43,63,66-67,69-71,73-75,77,99-100H,7-9,15-20,23-26,28-30,32-42,44-62,64-65,88H2,1-6H3,(H,91,102)(H,92,104)(H2,89,93,94)/b12-10+,13-11+,22-14+,68-21+/t67?,69-,70?,71?,73+,74?,75?,77?,87+/m1/s1. The van der Waals surface area contributed by atoms with Gasteiger partial charge in [0, 0.05) is 82.1 Å². The summed E-state index contributed by atoms with van der Waals surface area (Å²) < 4.78 is 64.1. The van der Waals surface area contributed by atoms with Crippen molar-refractivity contribution >= 4 is 59.2 Å². The fourth-order valence-electron chi connectivity index (χ4n) is 14.6. The largest absolute Gasteiger partial charge is 0.476 e. The van der Waals surface area contributed by atoms with E-state index in [0.717, 1.165) is 152 Å². The number of hydrogen-bond acceptors (Lipinski definition) is 24. The summed E-state index contributed by atoms with van der Waals surface area (Å²) in [6.45, 7) is 25.1. The van der Waals surface area contributed by atoms with E-state index in [2.05, 4.69) is 76.2 Å². The first kappa shape index (κ1) is 98.6. The molecule has 5 rings (SSSR count). The highest BCUT2D eigenvalue weighted by atomic mass is 16.6. The molecule has 4 unspecified atom stereocenters. The first-order valence-electron chi connectivity index (χ1n) is 42.6. The van der Waals surface area contributed by atoms with Gasteiger partial charge in [-0.15, -0.1) is 0 Å². The van der Waals surface area contributed by atoms with Gasteiger partial charge in [-0.1, -0.05) is 83.6 Å². The minimum atomic E-state index is -0.712. The van der Waals surface area contributed by atoms with E-state index < -0.39 is 12.2 Å². The molecule has 1 saturated carbocycles. The summed E-state index contributed by atoms with van der Waals surface area (Å²) in [6, 6.07) is 5.54. The summed E-state index contributed by atoms with van der Waals surface area (Å²) in [7, 11) is 0. The highest BCUT2D eigenvalue weighted by Crippen LogP contribution is 2.41. The summed E-state index contributed by atoms with van der Waals surface area (Å²) in [5.74, 6) is 1.51. The number of aliphatic hydroxyl groups excluding tert-OH is 2. The number of nitrogen functional groups attached to an aromatic ring is 1. The highest BCUT2D eigenvalue weighted by Gasteiger charge is 2.34. The number of Topliss-reactive ketones (excluding diaryl/α,β-unsaturated/α-hetero) is 1. The molecule has 0 radical (unpaired) electrons. The number of anilines is 1. The maximum atomic E-state index is 14.2.